The molecule has 6 nitrogen and oxygen atoms in total. The van der Waals surface area contributed by atoms with Crippen LogP contribution in [0.2, 0.25) is 0 Å². The molecule has 0 aliphatic heterocycles. The minimum atomic E-state index is -0.278. The zero-order valence-electron chi connectivity index (χ0n) is 20.7. The van der Waals surface area contributed by atoms with Crippen molar-refractivity contribution in [3.63, 3.8) is 0 Å². The van der Waals surface area contributed by atoms with Gasteiger partial charge in [0.05, 0.1) is 0 Å². The molecule has 4 aliphatic rings. The number of ketones is 2. The van der Waals surface area contributed by atoms with Gasteiger partial charge in [-0.2, -0.15) is 0 Å². The second-order valence-corrected chi connectivity index (χ2v) is 11.6. The summed E-state index contributed by atoms with van der Waals surface area (Å²) >= 11 is 0. The van der Waals surface area contributed by atoms with Crippen LogP contribution in [0.5, 0.6) is 0 Å². The molecular weight excluding hydrogens is 428 g/mol. The first-order valence-electron chi connectivity index (χ1n) is 12.1. The fourth-order valence-corrected chi connectivity index (χ4v) is 6.72. The summed E-state index contributed by atoms with van der Waals surface area (Å²) in [5.41, 5.74) is 4.09. The third-order valence-corrected chi connectivity index (χ3v) is 8.92. The SMILES string of the molecule is CC(=O)C1=C(NC(=O)c2ccc(C(=O)NC3=C(C(C)=O)[C@H]4[C@H](C3)C4(C)C)cc2)C[C@@H]2[C@@H]1C2(C)C. The van der Waals surface area contributed by atoms with Gasteiger partial charge in [-0.1, -0.05) is 27.7 Å². The van der Waals surface area contributed by atoms with Crippen LogP contribution in [0.4, 0.5) is 0 Å². The minimum absolute atomic E-state index is 0.0209. The summed E-state index contributed by atoms with van der Waals surface area (Å²) in [5.74, 6) is 0.767. The van der Waals surface area contributed by atoms with Gasteiger partial charge in [-0.3, -0.25) is 19.2 Å². The topological polar surface area (TPSA) is 92.3 Å². The van der Waals surface area contributed by atoms with Gasteiger partial charge in [0.1, 0.15) is 0 Å². The molecule has 0 radical (unpaired) electrons. The Balaban J connectivity index is 1.27. The highest BCUT2D eigenvalue weighted by Gasteiger charge is 2.64. The summed E-state index contributed by atoms with van der Waals surface area (Å²) in [6, 6.07) is 6.47. The minimum Gasteiger partial charge on any atom is -0.325 e. The summed E-state index contributed by atoms with van der Waals surface area (Å²) in [7, 11) is 0. The lowest BCUT2D eigenvalue weighted by atomic mass is 9.96. The van der Waals surface area contributed by atoms with Gasteiger partial charge in [0.15, 0.2) is 11.6 Å². The second-order valence-electron chi connectivity index (χ2n) is 11.6. The number of fused-ring (bicyclic) bond motifs is 2. The molecule has 0 saturated heterocycles. The number of nitrogens with one attached hydrogen (secondary N) is 2. The number of hydrogen-bond donors (Lipinski definition) is 2. The van der Waals surface area contributed by atoms with Gasteiger partial charge in [0.25, 0.3) is 11.8 Å². The normalized spacial score (nSPS) is 29.4. The molecule has 0 aromatic heterocycles. The quantitative estimate of drug-likeness (QED) is 0.666. The van der Waals surface area contributed by atoms with E-state index in [-0.39, 0.29) is 46.0 Å². The first-order valence-corrected chi connectivity index (χ1v) is 12.1. The van der Waals surface area contributed by atoms with Gasteiger partial charge in [-0.05, 0) is 85.5 Å². The lowest BCUT2D eigenvalue weighted by molar-refractivity contribution is -0.114. The summed E-state index contributed by atoms with van der Waals surface area (Å²) in [6.45, 7) is 11.8. The number of carbonyl (C=O) groups is 4. The zero-order chi connectivity index (χ0) is 24.7. The molecule has 2 N–H and O–H groups in total. The van der Waals surface area contributed by atoms with E-state index in [0.29, 0.717) is 35.8 Å². The Morgan fingerprint density at radius 1 is 0.676 bits per heavy atom. The zero-order valence-corrected chi connectivity index (χ0v) is 20.7. The van der Waals surface area contributed by atoms with Gasteiger partial charge in [0, 0.05) is 33.7 Å². The van der Waals surface area contributed by atoms with E-state index in [1.807, 2.05) is 0 Å². The number of hydrogen-bond acceptors (Lipinski definition) is 4. The van der Waals surface area contributed by atoms with Gasteiger partial charge in [0.2, 0.25) is 0 Å². The van der Waals surface area contributed by atoms with E-state index in [4.69, 9.17) is 0 Å². The van der Waals surface area contributed by atoms with Gasteiger partial charge >= 0.3 is 0 Å². The average Bonchev–Trinajstić information content (AvgIpc) is 3.26. The van der Waals surface area contributed by atoms with Crippen molar-refractivity contribution in [1.82, 2.24) is 10.6 Å². The first kappa shape index (κ1) is 22.8. The van der Waals surface area contributed by atoms with E-state index in [1.165, 1.54) is 0 Å². The third kappa shape index (κ3) is 3.29. The third-order valence-electron chi connectivity index (χ3n) is 8.92. The van der Waals surface area contributed by atoms with E-state index in [2.05, 4.69) is 38.3 Å². The van der Waals surface area contributed by atoms with Crippen molar-refractivity contribution in [1.29, 1.82) is 0 Å². The van der Waals surface area contributed by atoms with Crippen molar-refractivity contribution in [2.75, 3.05) is 0 Å². The van der Waals surface area contributed by atoms with E-state index in [0.717, 1.165) is 22.5 Å². The second kappa shape index (κ2) is 7.24. The van der Waals surface area contributed by atoms with Crippen LogP contribution in [0, 0.1) is 34.5 Å². The number of allylic oxidation sites excluding steroid dienone is 4. The average molecular weight is 461 g/mol. The number of benzene rings is 1. The highest BCUT2D eigenvalue weighted by atomic mass is 16.2. The highest BCUT2D eigenvalue weighted by Crippen LogP contribution is 2.69. The molecule has 6 heteroatoms. The largest absolute Gasteiger partial charge is 0.325 e. The van der Waals surface area contributed by atoms with E-state index in [1.54, 1.807) is 38.1 Å². The summed E-state index contributed by atoms with van der Waals surface area (Å²) in [4.78, 5) is 50.1. The molecule has 2 saturated carbocycles. The van der Waals surface area contributed by atoms with Crippen LogP contribution in [0.3, 0.4) is 0 Å². The lowest BCUT2D eigenvalue weighted by Gasteiger charge is -2.16. The first-order chi connectivity index (χ1) is 15.9. The molecule has 4 aliphatic carbocycles. The summed E-state index contributed by atoms with van der Waals surface area (Å²) in [6.07, 6.45) is 1.43. The molecule has 2 fully saturated rings. The maximum absolute atomic E-state index is 12.8. The predicted molar refractivity (Wildman–Crippen MR) is 128 cm³/mol. The monoisotopic (exact) mass is 460 g/mol. The van der Waals surface area contributed by atoms with E-state index in [9.17, 15) is 19.2 Å². The van der Waals surface area contributed by atoms with Crippen LogP contribution in [-0.2, 0) is 9.59 Å². The fraction of sp³-hybridized carbons (Fsp3) is 0.500. The highest BCUT2D eigenvalue weighted by molar-refractivity contribution is 6.02. The Morgan fingerprint density at radius 2 is 1.00 bits per heavy atom. The molecule has 4 atom stereocenters. The standard InChI is InChI=1S/C28H32N2O4/c1-13(31)21-19(11-17-23(21)27(17,3)4)29-25(33)15-7-9-16(10-8-15)26(34)30-20-12-18-24(28(18,5)6)22(20)14(2)32/h7-10,17-18,23-24H,11-12H2,1-6H3,(H,29,33)(H,30,34)/t17-,18+,23+,24-. The van der Waals surface area contributed by atoms with Gasteiger partial charge < -0.3 is 10.6 Å². The summed E-state index contributed by atoms with van der Waals surface area (Å²) < 4.78 is 0. The molecule has 1 aromatic rings. The molecule has 178 valence electrons. The lowest BCUT2D eigenvalue weighted by Crippen LogP contribution is -2.27. The number of carbonyl (C=O) groups excluding carboxylic acids is 4. The Morgan fingerprint density at radius 3 is 1.29 bits per heavy atom. The maximum Gasteiger partial charge on any atom is 0.255 e. The number of rotatable bonds is 6. The van der Waals surface area contributed by atoms with Crippen molar-refractivity contribution in [3.05, 3.63) is 57.9 Å². The van der Waals surface area contributed by atoms with Crippen molar-refractivity contribution in [2.45, 2.75) is 54.4 Å². The molecule has 5 rings (SSSR count). The molecule has 0 bridgehead atoms. The van der Waals surface area contributed by atoms with Crippen molar-refractivity contribution in [3.8, 4) is 0 Å². The van der Waals surface area contributed by atoms with Crippen molar-refractivity contribution >= 4 is 23.4 Å². The number of Topliss-reactive ketones (excluding diaryl/α,β-unsaturated/α-hetero) is 2. The molecule has 2 amide bonds. The maximum atomic E-state index is 12.8. The van der Waals surface area contributed by atoms with Crippen molar-refractivity contribution < 1.29 is 19.2 Å². The smallest absolute Gasteiger partial charge is 0.255 e. The van der Waals surface area contributed by atoms with Crippen LogP contribution in [0.15, 0.2) is 46.8 Å². The molecule has 34 heavy (non-hydrogen) atoms. The van der Waals surface area contributed by atoms with E-state index < -0.39 is 0 Å². The number of amides is 2. The van der Waals surface area contributed by atoms with Crippen molar-refractivity contribution in [2.24, 2.45) is 34.5 Å². The fourth-order valence-electron chi connectivity index (χ4n) is 6.72. The molecule has 0 heterocycles. The molecule has 0 unspecified atom stereocenters. The summed E-state index contributed by atoms with van der Waals surface area (Å²) in [5, 5.41) is 5.89. The van der Waals surface area contributed by atoms with Crippen LogP contribution in [0.25, 0.3) is 0 Å². The molecular formula is C28H32N2O4. The predicted octanol–water partition coefficient (Wildman–Crippen LogP) is 4.18. The Hall–Kier alpha value is -3.02. The van der Waals surface area contributed by atoms with Crippen LogP contribution in [0.1, 0.15) is 75.1 Å². The Bertz CT molecular complexity index is 1120. The van der Waals surface area contributed by atoms with Crippen LogP contribution >= 0.6 is 0 Å². The Labute approximate surface area is 200 Å². The van der Waals surface area contributed by atoms with Crippen LogP contribution in [-0.4, -0.2) is 23.4 Å². The molecule has 1 aromatic carbocycles. The van der Waals surface area contributed by atoms with Crippen LogP contribution < -0.4 is 10.6 Å². The Kier molecular flexibility index (Phi) is 4.84. The van der Waals surface area contributed by atoms with Gasteiger partial charge in [-0.15, -0.1) is 0 Å². The van der Waals surface area contributed by atoms with Gasteiger partial charge in [-0.25, -0.2) is 0 Å². The molecule has 0 spiro atoms. The van der Waals surface area contributed by atoms with E-state index >= 15 is 0 Å².